The first-order chi connectivity index (χ1) is 10.1. The van der Waals surface area contributed by atoms with E-state index in [2.05, 4.69) is 14.8 Å². The summed E-state index contributed by atoms with van der Waals surface area (Å²) in [6, 6.07) is 8.75. The number of nitrogens with zero attached hydrogens (tertiary/aromatic N) is 3. The Balaban J connectivity index is 1.73. The van der Waals surface area contributed by atoms with Crippen LogP contribution in [0.15, 0.2) is 36.5 Å². The van der Waals surface area contributed by atoms with Crippen molar-refractivity contribution in [2.45, 2.75) is 0 Å². The zero-order chi connectivity index (χ0) is 14.8. The molecule has 0 saturated carbocycles. The lowest BCUT2D eigenvalue weighted by atomic mass is 10.2. The van der Waals surface area contributed by atoms with Crippen molar-refractivity contribution >= 4 is 28.8 Å². The first-order valence-electron chi connectivity index (χ1n) is 6.80. The van der Waals surface area contributed by atoms with Crippen LogP contribution in [0, 0.1) is 5.82 Å². The third kappa shape index (κ3) is 2.88. The molecule has 2 N–H and O–H groups in total. The van der Waals surface area contributed by atoms with Gasteiger partial charge in [0.1, 0.15) is 11.6 Å². The van der Waals surface area contributed by atoms with Crippen molar-refractivity contribution in [3.63, 3.8) is 0 Å². The summed E-state index contributed by atoms with van der Waals surface area (Å²) in [5.41, 5.74) is 7.16. The Morgan fingerprint density at radius 1 is 1.10 bits per heavy atom. The first-order valence-corrected chi connectivity index (χ1v) is 7.18. The Morgan fingerprint density at radius 2 is 1.81 bits per heavy atom. The second-order valence-electron chi connectivity index (χ2n) is 4.99. The molecule has 0 unspecified atom stereocenters. The molecule has 2 heterocycles. The van der Waals surface area contributed by atoms with Gasteiger partial charge in [0.25, 0.3) is 0 Å². The number of hydrogen-bond donors (Lipinski definition) is 1. The monoisotopic (exact) mass is 306 g/mol. The second kappa shape index (κ2) is 5.77. The summed E-state index contributed by atoms with van der Waals surface area (Å²) in [7, 11) is 0. The number of anilines is 3. The highest BCUT2D eigenvalue weighted by atomic mass is 35.5. The van der Waals surface area contributed by atoms with Gasteiger partial charge >= 0.3 is 0 Å². The molecular weight excluding hydrogens is 291 g/mol. The van der Waals surface area contributed by atoms with Gasteiger partial charge in [0.2, 0.25) is 0 Å². The predicted octanol–water partition coefficient (Wildman–Crippen LogP) is 2.78. The van der Waals surface area contributed by atoms with Gasteiger partial charge in [-0.2, -0.15) is 0 Å². The summed E-state index contributed by atoms with van der Waals surface area (Å²) in [5.74, 6) is 0.528. The number of nitrogen functional groups attached to an aromatic ring is 1. The van der Waals surface area contributed by atoms with Crippen molar-refractivity contribution in [2.75, 3.05) is 41.7 Å². The fraction of sp³-hybridized carbons (Fsp3) is 0.267. The van der Waals surface area contributed by atoms with Crippen LogP contribution in [0.4, 0.5) is 21.6 Å². The number of halogens is 2. The molecule has 0 spiro atoms. The van der Waals surface area contributed by atoms with Crippen molar-refractivity contribution in [3.8, 4) is 0 Å². The van der Waals surface area contributed by atoms with Crippen LogP contribution in [0.25, 0.3) is 0 Å². The molecule has 4 nitrogen and oxygen atoms in total. The standard InChI is InChI=1S/C15H16ClFN4/c16-11-9-13(18)14(10-12(11)17)20-5-7-21(8-6-20)15-3-1-2-4-19-15/h1-4,9-10H,5-8,18H2. The first kappa shape index (κ1) is 13.9. The largest absolute Gasteiger partial charge is 0.397 e. The van der Waals surface area contributed by atoms with E-state index < -0.39 is 5.82 Å². The Labute approximate surface area is 127 Å². The second-order valence-corrected chi connectivity index (χ2v) is 5.39. The van der Waals surface area contributed by atoms with E-state index in [9.17, 15) is 4.39 Å². The molecule has 0 radical (unpaired) electrons. The van der Waals surface area contributed by atoms with Gasteiger partial charge in [-0.15, -0.1) is 0 Å². The maximum absolute atomic E-state index is 13.6. The number of pyridine rings is 1. The molecular formula is C15H16ClFN4. The fourth-order valence-corrected chi connectivity index (χ4v) is 2.71. The molecule has 1 aromatic carbocycles. The van der Waals surface area contributed by atoms with E-state index >= 15 is 0 Å². The molecule has 0 amide bonds. The summed E-state index contributed by atoms with van der Waals surface area (Å²) < 4.78 is 13.6. The molecule has 3 rings (SSSR count). The highest BCUT2D eigenvalue weighted by molar-refractivity contribution is 6.31. The minimum absolute atomic E-state index is 0.0587. The van der Waals surface area contributed by atoms with Crippen LogP contribution in [0.3, 0.4) is 0 Å². The molecule has 6 heteroatoms. The van der Waals surface area contributed by atoms with Crippen LogP contribution < -0.4 is 15.5 Å². The number of rotatable bonds is 2. The number of hydrogen-bond acceptors (Lipinski definition) is 4. The van der Waals surface area contributed by atoms with Gasteiger partial charge in [-0.05, 0) is 18.2 Å². The summed E-state index contributed by atoms with van der Waals surface area (Å²) in [4.78, 5) is 8.63. The smallest absolute Gasteiger partial charge is 0.144 e. The van der Waals surface area contributed by atoms with Crippen LogP contribution in [0.2, 0.25) is 5.02 Å². The zero-order valence-electron chi connectivity index (χ0n) is 11.5. The van der Waals surface area contributed by atoms with E-state index in [1.807, 2.05) is 18.2 Å². The van der Waals surface area contributed by atoms with Crippen molar-refractivity contribution in [2.24, 2.45) is 0 Å². The number of nitrogens with two attached hydrogens (primary N) is 1. The van der Waals surface area contributed by atoms with Crippen LogP contribution in [-0.4, -0.2) is 31.2 Å². The SMILES string of the molecule is Nc1cc(Cl)c(F)cc1N1CCN(c2ccccn2)CC1. The minimum Gasteiger partial charge on any atom is -0.397 e. The molecule has 1 aliphatic heterocycles. The molecule has 21 heavy (non-hydrogen) atoms. The molecule has 0 atom stereocenters. The lowest BCUT2D eigenvalue weighted by molar-refractivity contribution is 0.620. The van der Waals surface area contributed by atoms with E-state index in [1.165, 1.54) is 12.1 Å². The normalized spacial score (nSPS) is 15.3. The minimum atomic E-state index is -0.437. The Bertz CT molecular complexity index is 627. The number of aromatic nitrogens is 1. The van der Waals surface area contributed by atoms with Crippen LogP contribution >= 0.6 is 11.6 Å². The van der Waals surface area contributed by atoms with Crippen LogP contribution in [-0.2, 0) is 0 Å². The molecule has 2 aromatic rings. The van der Waals surface area contributed by atoms with Gasteiger partial charge in [0.15, 0.2) is 0 Å². The summed E-state index contributed by atoms with van der Waals surface area (Å²) in [6.07, 6.45) is 1.79. The lowest BCUT2D eigenvalue weighted by Gasteiger charge is -2.37. The van der Waals surface area contributed by atoms with Crippen LogP contribution in [0.5, 0.6) is 0 Å². The Hall–Kier alpha value is -2.01. The van der Waals surface area contributed by atoms with Crippen molar-refractivity contribution in [1.29, 1.82) is 0 Å². The molecule has 1 fully saturated rings. The van der Waals surface area contributed by atoms with Gasteiger partial charge in [0, 0.05) is 38.4 Å². The van der Waals surface area contributed by atoms with Crippen LogP contribution in [0.1, 0.15) is 0 Å². The lowest BCUT2D eigenvalue weighted by Crippen LogP contribution is -2.47. The number of piperazine rings is 1. The average Bonchev–Trinajstić information content (AvgIpc) is 2.52. The van der Waals surface area contributed by atoms with E-state index in [-0.39, 0.29) is 5.02 Å². The summed E-state index contributed by atoms with van der Waals surface area (Å²) >= 11 is 5.74. The van der Waals surface area contributed by atoms with E-state index in [0.29, 0.717) is 11.4 Å². The van der Waals surface area contributed by atoms with Gasteiger partial charge < -0.3 is 15.5 Å². The van der Waals surface area contributed by atoms with E-state index in [1.54, 1.807) is 6.20 Å². The predicted molar refractivity (Wildman–Crippen MR) is 84.5 cm³/mol. The Kier molecular flexibility index (Phi) is 3.84. The average molecular weight is 307 g/mol. The van der Waals surface area contributed by atoms with Crippen molar-refractivity contribution in [3.05, 3.63) is 47.4 Å². The molecule has 1 aliphatic rings. The summed E-state index contributed by atoms with van der Waals surface area (Å²) in [5, 5.41) is 0.0587. The third-order valence-electron chi connectivity index (χ3n) is 3.66. The maximum Gasteiger partial charge on any atom is 0.144 e. The summed E-state index contributed by atoms with van der Waals surface area (Å²) in [6.45, 7) is 3.17. The fourth-order valence-electron chi connectivity index (χ4n) is 2.54. The van der Waals surface area contributed by atoms with E-state index in [0.717, 1.165) is 32.0 Å². The third-order valence-corrected chi connectivity index (χ3v) is 3.95. The van der Waals surface area contributed by atoms with Gasteiger partial charge in [-0.3, -0.25) is 0 Å². The zero-order valence-corrected chi connectivity index (χ0v) is 12.2. The van der Waals surface area contributed by atoms with E-state index in [4.69, 9.17) is 17.3 Å². The highest BCUT2D eigenvalue weighted by Crippen LogP contribution is 2.30. The highest BCUT2D eigenvalue weighted by Gasteiger charge is 2.20. The van der Waals surface area contributed by atoms with Gasteiger partial charge in [0.05, 0.1) is 16.4 Å². The topological polar surface area (TPSA) is 45.4 Å². The molecule has 0 bridgehead atoms. The van der Waals surface area contributed by atoms with Gasteiger partial charge in [-0.25, -0.2) is 9.37 Å². The van der Waals surface area contributed by atoms with Gasteiger partial charge in [-0.1, -0.05) is 17.7 Å². The maximum atomic E-state index is 13.6. The quantitative estimate of drug-likeness (QED) is 0.867. The molecule has 0 aliphatic carbocycles. The molecule has 110 valence electrons. The van der Waals surface area contributed by atoms with Crippen molar-refractivity contribution < 1.29 is 4.39 Å². The molecule has 1 saturated heterocycles. The van der Waals surface area contributed by atoms with Crippen molar-refractivity contribution in [1.82, 2.24) is 4.98 Å². The molecule has 1 aromatic heterocycles. The number of benzene rings is 1. The Morgan fingerprint density at radius 3 is 2.48 bits per heavy atom.